The first-order valence-electron chi connectivity index (χ1n) is 19.7. The lowest BCUT2D eigenvalue weighted by Gasteiger charge is -2.08. The van der Waals surface area contributed by atoms with Gasteiger partial charge in [0.2, 0.25) is 0 Å². The fraction of sp³-hybridized carbons (Fsp3) is 0. The molecule has 13 rings (SSSR count). The highest BCUT2D eigenvalue weighted by Crippen LogP contribution is 2.43. The van der Waals surface area contributed by atoms with E-state index in [2.05, 4.69) is 191 Å². The topological polar surface area (TPSA) is 36.1 Å². The molecule has 4 heteroatoms. The van der Waals surface area contributed by atoms with Crippen molar-refractivity contribution in [2.75, 3.05) is 0 Å². The fourth-order valence-corrected chi connectivity index (χ4v) is 9.51. The zero-order chi connectivity index (χ0) is 37.9. The van der Waals surface area contributed by atoms with E-state index in [9.17, 15) is 0 Å². The summed E-state index contributed by atoms with van der Waals surface area (Å²) in [6.45, 7) is 0. The van der Waals surface area contributed by atoms with Crippen LogP contribution in [-0.4, -0.2) is 9.13 Å². The van der Waals surface area contributed by atoms with E-state index >= 15 is 0 Å². The third-order valence-electron chi connectivity index (χ3n) is 12.1. The number of furan rings is 2. The molecule has 0 atom stereocenters. The van der Waals surface area contributed by atoms with Gasteiger partial charge in [0.25, 0.3) is 0 Å². The second-order valence-electron chi connectivity index (χ2n) is 15.3. The Bertz CT molecular complexity index is 3730. The molecule has 0 N–H and O–H groups in total. The van der Waals surface area contributed by atoms with Gasteiger partial charge in [-0.25, -0.2) is 0 Å². The van der Waals surface area contributed by atoms with Crippen LogP contribution in [0, 0.1) is 0 Å². The van der Waals surface area contributed by atoms with E-state index in [4.69, 9.17) is 8.83 Å². The molecule has 0 aliphatic heterocycles. The lowest BCUT2D eigenvalue weighted by molar-refractivity contribution is 0.663. The lowest BCUT2D eigenvalue weighted by Crippen LogP contribution is -1.93. The molecule has 4 nitrogen and oxygen atoms in total. The first-order valence-corrected chi connectivity index (χ1v) is 19.7. The average Bonchev–Trinajstić information content (AvgIpc) is 4.03. The van der Waals surface area contributed by atoms with Crippen molar-refractivity contribution >= 4 is 87.5 Å². The molecule has 4 aromatic heterocycles. The normalized spacial score (nSPS) is 12.1. The van der Waals surface area contributed by atoms with Gasteiger partial charge in [-0.1, -0.05) is 103 Å². The Balaban J connectivity index is 1.02. The predicted octanol–water partition coefficient (Wildman–Crippen LogP) is 15.0. The number of fused-ring (bicyclic) bond motifs is 13. The average molecular weight is 741 g/mol. The number of hydrogen-bond donors (Lipinski definition) is 0. The highest BCUT2D eigenvalue weighted by Gasteiger charge is 2.20. The summed E-state index contributed by atoms with van der Waals surface area (Å²) >= 11 is 0. The molecule has 0 fully saturated rings. The summed E-state index contributed by atoms with van der Waals surface area (Å²) in [6.07, 6.45) is 0. The van der Waals surface area contributed by atoms with Gasteiger partial charge in [0.15, 0.2) is 0 Å². The van der Waals surface area contributed by atoms with E-state index in [1.165, 1.54) is 54.7 Å². The van der Waals surface area contributed by atoms with Gasteiger partial charge in [0, 0.05) is 54.5 Å². The van der Waals surface area contributed by atoms with Crippen LogP contribution in [0.1, 0.15) is 0 Å². The molecule has 0 spiro atoms. The van der Waals surface area contributed by atoms with E-state index in [0.717, 1.165) is 66.4 Å². The summed E-state index contributed by atoms with van der Waals surface area (Å²) in [5, 5.41) is 9.20. The van der Waals surface area contributed by atoms with Crippen LogP contribution in [0.2, 0.25) is 0 Å². The summed E-state index contributed by atoms with van der Waals surface area (Å²) in [5.41, 5.74) is 15.1. The van der Waals surface area contributed by atoms with Gasteiger partial charge < -0.3 is 18.0 Å². The van der Waals surface area contributed by atoms with E-state index < -0.39 is 0 Å². The molecule has 0 saturated carbocycles. The van der Waals surface area contributed by atoms with Crippen molar-refractivity contribution < 1.29 is 8.83 Å². The summed E-state index contributed by atoms with van der Waals surface area (Å²) < 4.78 is 17.9. The highest BCUT2D eigenvalue weighted by molar-refractivity contribution is 6.26. The summed E-state index contributed by atoms with van der Waals surface area (Å²) in [5.74, 6) is 0. The lowest BCUT2D eigenvalue weighted by atomic mass is 9.98. The maximum Gasteiger partial charge on any atom is 0.136 e. The Morgan fingerprint density at radius 1 is 0.259 bits per heavy atom. The molecule has 0 bridgehead atoms. The molecule has 0 saturated heterocycles. The molecule has 9 aromatic carbocycles. The molecule has 0 radical (unpaired) electrons. The molecule has 4 heterocycles. The summed E-state index contributed by atoms with van der Waals surface area (Å²) in [6, 6.07) is 69.5. The van der Waals surface area contributed by atoms with Crippen LogP contribution in [0.3, 0.4) is 0 Å². The van der Waals surface area contributed by atoms with Gasteiger partial charge >= 0.3 is 0 Å². The number of hydrogen-bond acceptors (Lipinski definition) is 2. The minimum Gasteiger partial charge on any atom is -0.456 e. The van der Waals surface area contributed by atoms with E-state index in [0.29, 0.717) is 0 Å². The SMILES string of the molecule is c1ccc(-c2ccc3c(c2)c2cc(-c4ccc5oc6ccc7oc8ccc(-n9c%10ccccc%10c%10ccccc%109)cc8c7c6c5c4)ccc2n3-c2ccccc2)cc1. The Labute approximate surface area is 332 Å². The zero-order valence-corrected chi connectivity index (χ0v) is 31.2. The molecule has 0 amide bonds. The van der Waals surface area contributed by atoms with Crippen LogP contribution in [0.15, 0.2) is 203 Å². The molecule has 0 aliphatic carbocycles. The van der Waals surface area contributed by atoms with Gasteiger partial charge in [0.05, 0.1) is 22.1 Å². The fourth-order valence-electron chi connectivity index (χ4n) is 9.51. The highest BCUT2D eigenvalue weighted by atomic mass is 16.3. The van der Waals surface area contributed by atoms with Gasteiger partial charge in [-0.05, 0) is 113 Å². The van der Waals surface area contributed by atoms with Crippen LogP contribution in [0.4, 0.5) is 0 Å². The number of rotatable bonds is 4. The third kappa shape index (κ3) is 4.45. The monoisotopic (exact) mass is 740 g/mol. The van der Waals surface area contributed by atoms with Crippen LogP contribution in [-0.2, 0) is 0 Å². The van der Waals surface area contributed by atoms with Crippen molar-refractivity contribution in [3.05, 3.63) is 194 Å². The Kier molecular flexibility index (Phi) is 6.41. The molecule has 13 aromatic rings. The maximum atomic E-state index is 6.57. The van der Waals surface area contributed by atoms with Crippen LogP contribution in [0.5, 0.6) is 0 Å². The number of nitrogens with zero attached hydrogens (tertiary/aromatic N) is 2. The largest absolute Gasteiger partial charge is 0.456 e. The maximum absolute atomic E-state index is 6.57. The van der Waals surface area contributed by atoms with Crippen molar-refractivity contribution in [2.24, 2.45) is 0 Å². The zero-order valence-electron chi connectivity index (χ0n) is 31.2. The summed E-state index contributed by atoms with van der Waals surface area (Å²) in [7, 11) is 0. The van der Waals surface area contributed by atoms with E-state index in [1.807, 2.05) is 12.1 Å². The third-order valence-corrected chi connectivity index (χ3v) is 12.1. The second kappa shape index (κ2) is 11.8. The van der Waals surface area contributed by atoms with Crippen LogP contribution < -0.4 is 0 Å². The first-order chi connectivity index (χ1) is 28.7. The van der Waals surface area contributed by atoms with Gasteiger partial charge in [-0.15, -0.1) is 0 Å². The molecule has 0 unspecified atom stereocenters. The molecular formula is C54H32N2O2. The number of benzene rings is 9. The molecule has 270 valence electrons. The number of para-hydroxylation sites is 3. The molecule has 58 heavy (non-hydrogen) atoms. The van der Waals surface area contributed by atoms with E-state index in [-0.39, 0.29) is 0 Å². The second-order valence-corrected chi connectivity index (χ2v) is 15.3. The van der Waals surface area contributed by atoms with Crippen LogP contribution >= 0.6 is 0 Å². The predicted molar refractivity (Wildman–Crippen MR) is 241 cm³/mol. The number of aromatic nitrogens is 2. The smallest absolute Gasteiger partial charge is 0.136 e. The van der Waals surface area contributed by atoms with Crippen molar-refractivity contribution in [2.45, 2.75) is 0 Å². The standard InChI is InChI=1S/C54H32N2O2/c1-3-11-33(12-4-1)34-19-23-47-41(29-34)42-30-35(20-24-48(42)55(47)37-13-5-2-6-14-37)36-21-25-49-43(31-36)53-51(57-49)27-28-52-54(53)44-32-38(22-26-50(44)58-52)56-45-17-9-7-15-39(45)40-16-8-10-18-46(40)56/h1-32H. The van der Waals surface area contributed by atoms with Crippen LogP contribution in [0.25, 0.3) is 121 Å². The Morgan fingerprint density at radius 2 is 0.690 bits per heavy atom. The van der Waals surface area contributed by atoms with E-state index in [1.54, 1.807) is 0 Å². The minimum absolute atomic E-state index is 0.847. The van der Waals surface area contributed by atoms with Gasteiger partial charge in [-0.3, -0.25) is 0 Å². The Morgan fingerprint density at radius 3 is 1.31 bits per heavy atom. The minimum atomic E-state index is 0.847. The van der Waals surface area contributed by atoms with Gasteiger partial charge in [0.1, 0.15) is 22.3 Å². The van der Waals surface area contributed by atoms with Gasteiger partial charge in [-0.2, -0.15) is 0 Å². The quantitative estimate of drug-likeness (QED) is 0.180. The van der Waals surface area contributed by atoms with Crippen molar-refractivity contribution in [1.82, 2.24) is 9.13 Å². The Hall–Kier alpha value is -7.82. The first kappa shape index (κ1) is 31.4. The molecule has 0 aliphatic rings. The van der Waals surface area contributed by atoms with Crippen molar-refractivity contribution in [3.63, 3.8) is 0 Å². The van der Waals surface area contributed by atoms with Crippen molar-refractivity contribution in [1.29, 1.82) is 0 Å². The van der Waals surface area contributed by atoms with Crippen molar-refractivity contribution in [3.8, 4) is 33.6 Å². The molecular weight excluding hydrogens is 709 g/mol. The summed E-state index contributed by atoms with van der Waals surface area (Å²) in [4.78, 5) is 0.